The Morgan fingerprint density at radius 3 is 2.65 bits per heavy atom. The number of nitro groups is 1. The summed E-state index contributed by atoms with van der Waals surface area (Å²) in [6.07, 6.45) is 1.16. The van der Waals surface area contributed by atoms with E-state index in [-0.39, 0.29) is 17.3 Å². The number of rotatable bonds is 4. The minimum Gasteiger partial charge on any atom is -0.333 e. The van der Waals surface area contributed by atoms with Crippen molar-refractivity contribution in [2.24, 2.45) is 5.84 Å². The lowest BCUT2D eigenvalue weighted by Gasteiger charge is -2.09. The van der Waals surface area contributed by atoms with Crippen LogP contribution in [-0.4, -0.2) is 14.9 Å². The molecule has 0 aliphatic heterocycles. The number of aromatic nitrogens is 2. The van der Waals surface area contributed by atoms with Gasteiger partial charge >= 0.3 is 5.69 Å². The van der Waals surface area contributed by atoms with Crippen molar-refractivity contribution in [1.82, 2.24) is 9.97 Å². The van der Waals surface area contributed by atoms with Gasteiger partial charge in [0.05, 0.1) is 15.6 Å². The number of hydrogen-bond acceptors (Lipinski definition) is 7. The van der Waals surface area contributed by atoms with Crippen molar-refractivity contribution >= 4 is 34.6 Å². The van der Waals surface area contributed by atoms with Crippen LogP contribution >= 0.6 is 11.6 Å². The van der Waals surface area contributed by atoms with E-state index in [4.69, 9.17) is 17.4 Å². The summed E-state index contributed by atoms with van der Waals surface area (Å²) in [5.41, 5.74) is 3.28. The van der Waals surface area contributed by atoms with Crippen molar-refractivity contribution in [2.45, 2.75) is 6.92 Å². The SMILES string of the molecule is Cc1ccc(Nc2ncnc(NN)c2[N+](=O)[O-])c(Cl)c1. The zero-order chi connectivity index (χ0) is 14.7. The minimum absolute atomic E-state index is 0.00343. The van der Waals surface area contributed by atoms with Gasteiger partial charge in [-0.1, -0.05) is 17.7 Å². The first-order chi connectivity index (χ1) is 9.52. The Morgan fingerprint density at radius 1 is 1.35 bits per heavy atom. The number of nitrogens with one attached hydrogen (secondary N) is 2. The van der Waals surface area contributed by atoms with Gasteiger partial charge in [0.1, 0.15) is 6.33 Å². The summed E-state index contributed by atoms with van der Waals surface area (Å²) < 4.78 is 0. The Labute approximate surface area is 119 Å². The van der Waals surface area contributed by atoms with Gasteiger partial charge in [0, 0.05) is 0 Å². The molecule has 8 nitrogen and oxygen atoms in total. The maximum Gasteiger partial charge on any atom is 0.354 e. The van der Waals surface area contributed by atoms with Gasteiger partial charge in [0.25, 0.3) is 0 Å². The van der Waals surface area contributed by atoms with Crippen LogP contribution in [0.25, 0.3) is 0 Å². The highest BCUT2D eigenvalue weighted by Crippen LogP contribution is 2.33. The molecule has 2 aromatic rings. The molecule has 0 amide bonds. The molecule has 0 aliphatic rings. The molecule has 0 aliphatic carbocycles. The number of hydrazine groups is 1. The molecule has 1 heterocycles. The molecule has 1 aromatic heterocycles. The summed E-state index contributed by atoms with van der Waals surface area (Å²) in [5.74, 6) is 5.12. The number of hydrogen-bond donors (Lipinski definition) is 3. The molecule has 2 rings (SSSR count). The number of aryl methyl sites for hydroxylation is 1. The molecule has 104 valence electrons. The fourth-order valence-corrected chi connectivity index (χ4v) is 1.88. The summed E-state index contributed by atoms with van der Waals surface area (Å²) in [4.78, 5) is 18.0. The molecule has 0 unspecified atom stereocenters. The lowest BCUT2D eigenvalue weighted by molar-refractivity contribution is -0.383. The summed E-state index contributed by atoms with van der Waals surface area (Å²) in [6, 6.07) is 5.27. The van der Waals surface area contributed by atoms with Gasteiger partial charge < -0.3 is 10.7 Å². The van der Waals surface area contributed by atoms with E-state index < -0.39 is 4.92 Å². The maximum atomic E-state index is 11.1. The molecule has 1 aromatic carbocycles. The van der Waals surface area contributed by atoms with Gasteiger partial charge in [-0.15, -0.1) is 0 Å². The van der Waals surface area contributed by atoms with Crippen LogP contribution in [0.15, 0.2) is 24.5 Å². The predicted octanol–water partition coefficient (Wildman–Crippen LogP) is 2.38. The van der Waals surface area contributed by atoms with Crippen LogP contribution in [0.4, 0.5) is 23.0 Å². The quantitative estimate of drug-likeness (QED) is 0.450. The third-order valence-electron chi connectivity index (χ3n) is 2.52. The fraction of sp³-hybridized carbons (Fsp3) is 0.0909. The molecular formula is C11H11ClN6O2. The van der Waals surface area contributed by atoms with Crippen molar-refractivity contribution in [1.29, 1.82) is 0 Å². The molecule has 0 radical (unpaired) electrons. The van der Waals surface area contributed by atoms with Crippen LogP contribution in [0.2, 0.25) is 5.02 Å². The lowest BCUT2D eigenvalue weighted by Crippen LogP contribution is -2.12. The highest BCUT2D eigenvalue weighted by molar-refractivity contribution is 6.33. The summed E-state index contributed by atoms with van der Waals surface area (Å²) >= 11 is 6.07. The smallest absolute Gasteiger partial charge is 0.333 e. The Balaban J connectivity index is 2.45. The average Bonchev–Trinajstić information content (AvgIpc) is 2.41. The fourth-order valence-electron chi connectivity index (χ4n) is 1.60. The third-order valence-corrected chi connectivity index (χ3v) is 2.83. The van der Waals surface area contributed by atoms with Crippen LogP contribution in [0.1, 0.15) is 5.56 Å². The van der Waals surface area contributed by atoms with Crippen molar-refractivity contribution in [2.75, 3.05) is 10.7 Å². The van der Waals surface area contributed by atoms with E-state index in [2.05, 4.69) is 20.7 Å². The first kappa shape index (κ1) is 14.0. The van der Waals surface area contributed by atoms with Crippen LogP contribution in [0.3, 0.4) is 0 Å². The van der Waals surface area contributed by atoms with E-state index in [0.717, 1.165) is 11.9 Å². The van der Waals surface area contributed by atoms with E-state index in [9.17, 15) is 10.1 Å². The number of benzene rings is 1. The standard InChI is InChI=1S/C11H11ClN6O2/c1-6-2-3-8(7(12)4-6)16-10-9(18(19)20)11(17-13)15-5-14-10/h2-5H,13H2,1H3,(H2,14,15,16,17). The van der Waals surface area contributed by atoms with Gasteiger partial charge in [0.15, 0.2) is 0 Å². The van der Waals surface area contributed by atoms with Crippen LogP contribution < -0.4 is 16.6 Å². The summed E-state index contributed by atoms with van der Waals surface area (Å²) in [6.45, 7) is 1.89. The van der Waals surface area contributed by atoms with Crippen molar-refractivity contribution in [3.8, 4) is 0 Å². The van der Waals surface area contributed by atoms with Gasteiger partial charge in [-0.3, -0.25) is 10.1 Å². The lowest BCUT2D eigenvalue weighted by atomic mass is 10.2. The van der Waals surface area contributed by atoms with E-state index >= 15 is 0 Å². The third kappa shape index (κ3) is 2.76. The molecule has 0 fully saturated rings. The highest BCUT2D eigenvalue weighted by Gasteiger charge is 2.22. The zero-order valence-electron chi connectivity index (χ0n) is 10.4. The second-order valence-electron chi connectivity index (χ2n) is 3.93. The minimum atomic E-state index is -0.625. The Kier molecular flexibility index (Phi) is 3.97. The molecule has 0 bridgehead atoms. The van der Waals surface area contributed by atoms with Gasteiger partial charge in [-0.05, 0) is 24.6 Å². The molecule has 0 atom stereocenters. The Morgan fingerprint density at radius 2 is 2.05 bits per heavy atom. The van der Waals surface area contributed by atoms with E-state index in [1.165, 1.54) is 0 Å². The summed E-state index contributed by atoms with van der Waals surface area (Å²) in [7, 11) is 0. The van der Waals surface area contributed by atoms with Crippen molar-refractivity contribution < 1.29 is 4.92 Å². The first-order valence-corrected chi connectivity index (χ1v) is 5.90. The zero-order valence-corrected chi connectivity index (χ0v) is 11.2. The van der Waals surface area contributed by atoms with Gasteiger partial charge in [-0.2, -0.15) is 0 Å². The Hall–Kier alpha value is -2.45. The van der Waals surface area contributed by atoms with Crippen LogP contribution in [-0.2, 0) is 0 Å². The molecule has 0 spiro atoms. The largest absolute Gasteiger partial charge is 0.354 e. The van der Waals surface area contributed by atoms with Crippen LogP contribution in [0, 0.1) is 17.0 Å². The molecule has 0 saturated carbocycles. The van der Waals surface area contributed by atoms with Gasteiger partial charge in [0.2, 0.25) is 11.6 Å². The van der Waals surface area contributed by atoms with Gasteiger partial charge in [-0.25, -0.2) is 15.8 Å². The van der Waals surface area contributed by atoms with Crippen molar-refractivity contribution in [3.05, 3.63) is 45.2 Å². The average molecular weight is 295 g/mol. The number of anilines is 3. The predicted molar refractivity (Wildman–Crippen MR) is 76.0 cm³/mol. The van der Waals surface area contributed by atoms with Crippen molar-refractivity contribution in [3.63, 3.8) is 0 Å². The summed E-state index contributed by atoms with van der Waals surface area (Å²) in [5, 5.41) is 14.3. The number of nitrogen functional groups attached to an aromatic ring is 1. The first-order valence-electron chi connectivity index (χ1n) is 5.52. The highest BCUT2D eigenvalue weighted by atomic mass is 35.5. The maximum absolute atomic E-state index is 11.1. The molecule has 4 N–H and O–H groups in total. The molecular weight excluding hydrogens is 284 g/mol. The molecule has 20 heavy (non-hydrogen) atoms. The van der Waals surface area contributed by atoms with Crippen LogP contribution in [0.5, 0.6) is 0 Å². The van der Waals surface area contributed by atoms with E-state index in [1.807, 2.05) is 13.0 Å². The monoisotopic (exact) mass is 294 g/mol. The second-order valence-corrected chi connectivity index (χ2v) is 4.34. The van der Waals surface area contributed by atoms with E-state index in [0.29, 0.717) is 10.7 Å². The molecule has 9 heteroatoms. The Bertz CT molecular complexity index is 663. The second kappa shape index (κ2) is 5.68. The number of nitrogens with zero attached hydrogens (tertiary/aromatic N) is 3. The number of halogens is 1. The van der Waals surface area contributed by atoms with E-state index in [1.54, 1.807) is 12.1 Å². The molecule has 0 saturated heterocycles. The number of nitrogens with two attached hydrogens (primary N) is 1. The normalized spacial score (nSPS) is 10.2. The topological polar surface area (TPSA) is 119 Å².